The topological polar surface area (TPSA) is 78.9 Å². The van der Waals surface area contributed by atoms with Gasteiger partial charge in [-0.1, -0.05) is 259 Å². The predicted octanol–water partition coefficient (Wildman–Crippen LogP) is 20.5. The van der Waals surface area contributed by atoms with Crippen LogP contribution in [0.5, 0.6) is 0 Å². The molecule has 0 aromatic heterocycles. The van der Waals surface area contributed by atoms with Crippen LogP contribution in [0.25, 0.3) is 0 Å². The number of carbonyl (C=O) groups is 3. The van der Waals surface area contributed by atoms with Crippen LogP contribution in [0.3, 0.4) is 0 Å². The second-order valence-electron chi connectivity index (χ2n) is 19.9. The molecule has 6 heteroatoms. The van der Waals surface area contributed by atoms with Gasteiger partial charge in [-0.25, -0.2) is 0 Å². The van der Waals surface area contributed by atoms with Gasteiger partial charge in [0.15, 0.2) is 6.10 Å². The highest BCUT2D eigenvalue weighted by Gasteiger charge is 2.19. The van der Waals surface area contributed by atoms with E-state index in [2.05, 4.69) is 118 Å². The lowest BCUT2D eigenvalue weighted by Gasteiger charge is -2.18. The molecule has 0 aromatic rings. The Hall–Kier alpha value is -3.67. The van der Waals surface area contributed by atoms with Crippen LogP contribution in [0.4, 0.5) is 0 Å². The summed E-state index contributed by atoms with van der Waals surface area (Å²) in [6, 6.07) is 0. The molecular weight excluding hydrogens is 889 g/mol. The molecule has 0 radical (unpaired) electrons. The fraction of sp³-hybridized carbons (Fsp3) is 0.712. The first kappa shape index (κ1) is 68.3. The summed E-state index contributed by atoms with van der Waals surface area (Å²) in [5.74, 6) is -0.897. The van der Waals surface area contributed by atoms with Crippen LogP contribution in [0.2, 0.25) is 0 Å². The third-order valence-electron chi connectivity index (χ3n) is 12.8. The summed E-state index contributed by atoms with van der Waals surface area (Å²) in [6.07, 6.45) is 79.9. The highest BCUT2D eigenvalue weighted by atomic mass is 16.6. The Kier molecular flexibility index (Phi) is 56.8. The summed E-state index contributed by atoms with van der Waals surface area (Å²) in [6.45, 7) is 6.47. The molecule has 0 amide bonds. The fourth-order valence-electron chi connectivity index (χ4n) is 8.30. The first-order valence-corrected chi connectivity index (χ1v) is 30.2. The molecule has 412 valence electrons. The van der Waals surface area contributed by atoms with Crippen molar-refractivity contribution in [2.45, 2.75) is 290 Å². The Morgan fingerprint density at radius 3 is 0.875 bits per heavy atom. The number of hydrogen-bond acceptors (Lipinski definition) is 6. The lowest BCUT2D eigenvalue weighted by atomic mass is 10.0. The Morgan fingerprint density at radius 2 is 0.542 bits per heavy atom. The molecule has 0 fully saturated rings. The number of ether oxygens (including phenoxy) is 3. The molecule has 0 saturated heterocycles. The molecule has 6 nitrogen and oxygen atoms in total. The van der Waals surface area contributed by atoms with Gasteiger partial charge in [0.05, 0.1) is 0 Å². The smallest absolute Gasteiger partial charge is 0.306 e. The molecule has 0 aliphatic rings. The van der Waals surface area contributed by atoms with Crippen molar-refractivity contribution in [2.24, 2.45) is 0 Å². The van der Waals surface area contributed by atoms with Crippen LogP contribution >= 0.6 is 0 Å². The number of unbranched alkanes of at least 4 members (excludes halogenated alkanes) is 27. The van der Waals surface area contributed by atoms with Gasteiger partial charge in [-0.05, 0) is 103 Å². The van der Waals surface area contributed by atoms with Gasteiger partial charge in [0.25, 0.3) is 0 Å². The minimum atomic E-state index is -0.784. The first-order chi connectivity index (χ1) is 35.5. The highest BCUT2D eigenvalue weighted by Crippen LogP contribution is 2.15. The van der Waals surface area contributed by atoms with Crippen molar-refractivity contribution in [3.8, 4) is 0 Å². The van der Waals surface area contributed by atoms with E-state index >= 15 is 0 Å². The lowest BCUT2D eigenvalue weighted by molar-refractivity contribution is -0.167. The summed E-state index contributed by atoms with van der Waals surface area (Å²) in [5.41, 5.74) is 0. The zero-order valence-corrected chi connectivity index (χ0v) is 47.2. The summed E-state index contributed by atoms with van der Waals surface area (Å²) < 4.78 is 16.8. The third kappa shape index (κ3) is 57.2. The maximum atomic E-state index is 12.8. The Balaban J connectivity index is 4.21. The molecule has 0 aliphatic carbocycles. The molecule has 1 unspecified atom stereocenters. The Morgan fingerprint density at radius 1 is 0.292 bits per heavy atom. The van der Waals surface area contributed by atoms with Gasteiger partial charge < -0.3 is 14.2 Å². The van der Waals surface area contributed by atoms with Gasteiger partial charge in [0.2, 0.25) is 0 Å². The minimum Gasteiger partial charge on any atom is -0.462 e. The van der Waals surface area contributed by atoms with Gasteiger partial charge in [0.1, 0.15) is 13.2 Å². The molecule has 0 aromatic carbocycles. The van der Waals surface area contributed by atoms with E-state index in [-0.39, 0.29) is 31.1 Å². The first-order valence-electron chi connectivity index (χ1n) is 30.2. The molecule has 0 N–H and O–H groups in total. The normalized spacial score (nSPS) is 12.8. The zero-order valence-electron chi connectivity index (χ0n) is 47.2. The van der Waals surface area contributed by atoms with E-state index in [1.54, 1.807) is 0 Å². The number of rotatable bonds is 54. The molecule has 0 bridgehead atoms. The number of hydrogen-bond donors (Lipinski definition) is 0. The quantitative estimate of drug-likeness (QED) is 0.0261. The summed E-state index contributed by atoms with van der Waals surface area (Å²) in [7, 11) is 0. The third-order valence-corrected chi connectivity index (χ3v) is 12.8. The van der Waals surface area contributed by atoms with Crippen LogP contribution < -0.4 is 0 Å². The number of allylic oxidation sites excluding steroid dienone is 16. The molecular formula is C66H112O6. The fourth-order valence-corrected chi connectivity index (χ4v) is 8.30. The molecule has 0 spiro atoms. The molecule has 0 aliphatic heterocycles. The van der Waals surface area contributed by atoms with E-state index < -0.39 is 6.10 Å². The molecule has 0 saturated carbocycles. The van der Waals surface area contributed by atoms with Crippen LogP contribution in [-0.2, 0) is 28.6 Å². The number of carbonyl (C=O) groups excluding carboxylic acids is 3. The van der Waals surface area contributed by atoms with Crippen molar-refractivity contribution >= 4 is 17.9 Å². The van der Waals surface area contributed by atoms with E-state index in [1.807, 2.05) is 0 Å². The summed E-state index contributed by atoms with van der Waals surface area (Å²) >= 11 is 0. The van der Waals surface area contributed by atoms with Crippen molar-refractivity contribution in [2.75, 3.05) is 13.2 Å². The second-order valence-corrected chi connectivity index (χ2v) is 19.9. The van der Waals surface area contributed by atoms with Crippen molar-refractivity contribution in [1.29, 1.82) is 0 Å². The van der Waals surface area contributed by atoms with Crippen molar-refractivity contribution < 1.29 is 28.6 Å². The molecule has 0 rings (SSSR count). The standard InChI is InChI=1S/C66H112O6/c1-4-7-10-13-16-19-21-23-25-27-29-30-31-32-33-34-35-36-38-39-41-43-45-47-50-53-56-59-65(68)71-62-63(61-70-64(67)58-55-52-49-18-15-12-9-6-3)72-66(69)60-57-54-51-48-46-44-42-40-37-28-26-24-22-20-17-14-11-8-5-2/h7,10,16-17,19-20,23-26,29-30,32-33,37,40,63H,4-6,8-9,11-15,18,21-22,27-28,31,34-36,38-39,41-62H2,1-3H3/b10-7-,19-16-,20-17-,25-23-,26-24-,30-29-,33-32-,40-37-. The maximum Gasteiger partial charge on any atom is 0.306 e. The van der Waals surface area contributed by atoms with E-state index in [1.165, 1.54) is 128 Å². The van der Waals surface area contributed by atoms with Gasteiger partial charge >= 0.3 is 17.9 Å². The second kappa shape index (κ2) is 59.9. The Labute approximate surface area is 445 Å². The largest absolute Gasteiger partial charge is 0.462 e. The number of esters is 3. The minimum absolute atomic E-state index is 0.0821. The van der Waals surface area contributed by atoms with Crippen molar-refractivity contribution in [1.82, 2.24) is 0 Å². The lowest BCUT2D eigenvalue weighted by Crippen LogP contribution is -2.30. The van der Waals surface area contributed by atoms with Crippen LogP contribution in [0, 0.1) is 0 Å². The van der Waals surface area contributed by atoms with Crippen LogP contribution in [0.15, 0.2) is 97.2 Å². The van der Waals surface area contributed by atoms with Crippen LogP contribution in [-0.4, -0.2) is 37.2 Å². The van der Waals surface area contributed by atoms with Gasteiger partial charge in [-0.15, -0.1) is 0 Å². The monoisotopic (exact) mass is 1000 g/mol. The van der Waals surface area contributed by atoms with Crippen molar-refractivity contribution in [3.63, 3.8) is 0 Å². The van der Waals surface area contributed by atoms with Crippen LogP contribution in [0.1, 0.15) is 284 Å². The average molecular weight is 1000 g/mol. The summed E-state index contributed by atoms with van der Waals surface area (Å²) in [4.78, 5) is 38.1. The van der Waals surface area contributed by atoms with E-state index in [4.69, 9.17) is 14.2 Å². The molecule has 0 heterocycles. The van der Waals surface area contributed by atoms with Crippen molar-refractivity contribution in [3.05, 3.63) is 97.2 Å². The SMILES string of the molecule is CC/C=C\C/C=C\C/C=C\C/C=C\C/C=C\CCCCCCCCCCCCCC(=O)OCC(COC(=O)CCCCCCCCCC)OC(=O)CCCCCCCC/C=C\C/C=C\C/C=C\CCCCC. The van der Waals surface area contributed by atoms with E-state index in [9.17, 15) is 14.4 Å². The maximum absolute atomic E-state index is 12.8. The van der Waals surface area contributed by atoms with E-state index in [0.29, 0.717) is 19.3 Å². The average Bonchev–Trinajstić information content (AvgIpc) is 3.38. The highest BCUT2D eigenvalue weighted by molar-refractivity contribution is 5.71. The summed E-state index contributed by atoms with van der Waals surface area (Å²) in [5, 5.41) is 0. The molecule has 72 heavy (non-hydrogen) atoms. The van der Waals surface area contributed by atoms with Gasteiger partial charge in [-0.2, -0.15) is 0 Å². The Bertz CT molecular complexity index is 1430. The van der Waals surface area contributed by atoms with Gasteiger partial charge in [-0.3, -0.25) is 14.4 Å². The van der Waals surface area contributed by atoms with Gasteiger partial charge in [0, 0.05) is 19.3 Å². The predicted molar refractivity (Wildman–Crippen MR) is 311 cm³/mol. The molecule has 1 atom stereocenters. The van der Waals surface area contributed by atoms with E-state index in [0.717, 1.165) is 116 Å². The zero-order chi connectivity index (χ0) is 52.2.